The fourth-order valence-electron chi connectivity index (χ4n) is 2.48. The second kappa shape index (κ2) is 9.82. The molecule has 3 aromatic carbocycles. The van der Waals surface area contributed by atoms with Crippen LogP contribution in [0.4, 0.5) is 0 Å². The van der Waals surface area contributed by atoms with Crippen molar-refractivity contribution in [1.82, 2.24) is 4.83 Å². The zero-order chi connectivity index (χ0) is 22.4. The van der Waals surface area contributed by atoms with Crippen LogP contribution in [0.15, 0.2) is 76.7 Å². The third-order valence-electron chi connectivity index (χ3n) is 3.98. The highest BCUT2D eigenvalue weighted by atomic mass is 35.5. The highest BCUT2D eigenvalue weighted by Gasteiger charge is 2.16. The first-order chi connectivity index (χ1) is 14.8. The molecule has 3 aromatic rings. The maximum absolute atomic E-state index is 12.4. The first-order valence-corrected chi connectivity index (χ1v) is 11.0. The number of hydrogen-bond donors (Lipinski definition) is 1. The van der Waals surface area contributed by atoms with Crippen molar-refractivity contribution in [2.24, 2.45) is 5.10 Å². The maximum atomic E-state index is 12.4. The molecule has 0 radical (unpaired) electrons. The summed E-state index contributed by atoms with van der Waals surface area (Å²) in [5.41, 5.74) is 0.658. The Hall–Kier alpha value is -3.07. The quantitative estimate of drug-likeness (QED) is 0.233. The maximum Gasteiger partial charge on any atom is 0.345 e. The molecule has 0 heterocycles. The van der Waals surface area contributed by atoms with Gasteiger partial charge in [0.2, 0.25) is 0 Å². The molecule has 0 aliphatic rings. The number of rotatable bonds is 7. The standard InChI is InChI=1S/C21H16Cl2N2O5S/c1-29-20-11-14(13-24-25-31(27,28)16-5-3-2-4-6-16)7-10-19(20)30-21(26)17-9-8-15(22)12-18(17)23/h2-13,25H,1H3/b24-13-. The van der Waals surface area contributed by atoms with E-state index in [9.17, 15) is 13.2 Å². The summed E-state index contributed by atoms with van der Waals surface area (Å²) in [4.78, 5) is 14.6. The van der Waals surface area contributed by atoms with Crippen LogP contribution in [-0.2, 0) is 10.0 Å². The van der Waals surface area contributed by atoms with Crippen molar-refractivity contribution in [3.05, 3.63) is 87.9 Å². The zero-order valence-electron chi connectivity index (χ0n) is 16.1. The topological polar surface area (TPSA) is 94.1 Å². The molecule has 0 aliphatic heterocycles. The SMILES string of the molecule is COc1cc(/C=N\NS(=O)(=O)c2ccccc2)ccc1OC(=O)c1ccc(Cl)cc1Cl. The minimum atomic E-state index is -3.78. The van der Waals surface area contributed by atoms with Gasteiger partial charge in [-0.15, -0.1) is 0 Å². The Balaban J connectivity index is 1.74. The van der Waals surface area contributed by atoms with Crippen molar-refractivity contribution in [3.8, 4) is 11.5 Å². The predicted octanol–water partition coefficient (Wildman–Crippen LogP) is 4.53. The number of carbonyl (C=O) groups is 1. The lowest BCUT2D eigenvalue weighted by Gasteiger charge is -2.10. The molecule has 0 aromatic heterocycles. The second-order valence-corrected chi connectivity index (χ2v) is 8.59. The van der Waals surface area contributed by atoms with Crippen LogP contribution < -0.4 is 14.3 Å². The molecular weight excluding hydrogens is 463 g/mol. The van der Waals surface area contributed by atoms with E-state index < -0.39 is 16.0 Å². The van der Waals surface area contributed by atoms with Crippen molar-refractivity contribution in [3.63, 3.8) is 0 Å². The number of benzene rings is 3. The summed E-state index contributed by atoms with van der Waals surface area (Å²) in [6.45, 7) is 0. The van der Waals surface area contributed by atoms with Crippen molar-refractivity contribution < 1.29 is 22.7 Å². The summed E-state index contributed by atoms with van der Waals surface area (Å²) in [6, 6.07) is 16.9. The fourth-order valence-corrected chi connectivity index (χ4v) is 3.78. The van der Waals surface area contributed by atoms with Crippen molar-refractivity contribution >= 4 is 45.4 Å². The summed E-state index contributed by atoms with van der Waals surface area (Å²) in [6.07, 6.45) is 1.30. The Bertz CT molecular complexity index is 1230. The highest BCUT2D eigenvalue weighted by Crippen LogP contribution is 2.30. The molecule has 7 nitrogen and oxygen atoms in total. The minimum Gasteiger partial charge on any atom is -0.493 e. The number of hydrogen-bond acceptors (Lipinski definition) is 6. The normalized spacial score (nSPS) is 11.3. The van der Waals surface area contributed by atoms with Gasteiger partial charge in [0.15, 0.2) is 11.5 Å². The van der Waals surface area contributed by atoms with Crippen LogP contribution in [0.1, 0.15) is 15.9 Å². The molecule has 0 bridgehead atoms. The van der Waals surface area contributed by atoms with E-state index in [1.165, 1.54) is 55.8 Å². The Morgan fingerprint density at radius 3 is 2.42 bits per heavy atom. The van der Waals surface area contributed by atoms with E-state index in [0.29, 0.717) is 10.6 Å². The van der Waals surface area contributed by atoms with Gasteiger partial charge in [-0.05, 0) is 54.1 Å². The van der Waals surface area contributed by atoms with Gasteiger partial charge in [-0.1, -0.05) is 41.4 Å². The molecule has 3 rings (SSSR count). The molecule has 0 atom stereocenters. The Kier molecular flexibility index (Phi) is 7.17. The van der Waals surface area contributed by atoms with E-state index in [0.717, 1.165) is 0 Å². The van der Waals surface area contributed by atoms with Gasteiger partial charge in [0.05, 0.1) is 28.8 Å². The molecule has 1 N–H and O–H groups in total. The van der Waals surface area contributed by atoms with Gasteiger partial charge in [-0.25, -0.2) is 9.63 Å². The number of carbonyl (C=O) groups excluding carboxylic acids is 1. The van der Waals surface area contributed by atoms with Gasteiger partial charge >= 0.3 is 5.97 Å². The van der Waals surface area contributed by atoms with Crippen LogP contribution in [0, 0.1) is 0 Å². The average molecular weight is 479 g/mol. The van der Waals surface area contributed by atoms with E-state index in [-0.39, 0.29) is 27.0 Å². The van der Waals surface area contributed by atoms with Gasteiger partial charge in [0.1, 0.15) is 0 Å². The van der Waals surface area contributed by atoms with Crippen molar-refractivity contribution in [1.29, 1.82) is 0 Å². The number of methoxy groups -OCH3 is 1. The molecule has 0 saturated carbocycles. The molecule has 10 heteroatoms. The average Bonchev–Trinajstić information content (AvgIpc) is 2.75. The van der Waals surface area contributed by atoms with Crippen LogP contribution in [0.25, 0.3) is 0 Å². The van der Waals surface area contributed by atoms with E-state index in [2.05, 4.69) is 9.93 Å². The van der Waals surface area contributed by atoms with Gasteiger partial charge < -0.3 is 9.47 Å². The van der Waals surface area contributed by atoms with Crippen LogP contribution in [-0.4, -0.2) is 27.7 Å². The molecule has 160 valence electrons. The molecule has 0 saturated heterocycles. The van der Waals surface area contributed by atoms with Gasteiger partial charge in [0, 0.05) is 5.02 Å². The van der Waals surface area contributed by atoms with E-state index in [1.807, 2.05) is 0 Å². The second-order valence-electron chi connectivity index (χ2n) is 6.09. The van der Waals surface area contributed by atoms with Gasteiger partial charge in [0.25, 0.3) is 10.0 Å². The van der Waals surface area contributed by atoms with Crippen LogP contribution in [0.5, 0.6) is 11.5 Å². The first kappa shape index (κ1) is 22.6. The molecule has 0 fully saturated rings. The lowest BCUT2D eigenvalue weighted by Crippen LogP contribution is -2.18. The summed E-state index contributed by atoms with van der Waals surface area (Å²) in [5.74, 6) is -0.286. The zero-order valence-corrected chi connectivity index (χ0v) is 18.4. The molecule has 31 heavy (non-hydrogen) atoms. The first-order valence-electron chi connectivity index (χ1n) is 8.75. The smallest absolute Gasteiger partial charge is 0.345 e. The summed E-state index contributed by atoms with van der Waals surface area (Å²) in [7, 11) is -2.37. The van der Waals surface area contributed by atoms with E-state index in [4.69, 9.17) is 32.7 Å². The number of nitrogens with zero attached hydrogens (tertiary/aromatic N) is 1. The number of hydrazone groups is 1. The predicted molar refractivity (Wildman–Crippen MR) is 119 cm³/mol. The monoisotopic (exact) mass is 478 g/mol. The van der Waals surface area contributed by atoms with E-state index in [1.54, 1.807) is 24.3 Å². The number of ether oxygens (including phenoxy) is 2. The van der Waals surface area contributed by atoms with Gasteiger partial charge in [-0.3, -0.25) is 0 Å². The molecular formula is C21H16Cl2N2O5S. The Morgan fingerprint density at radius 2 is 1.74 bits per heavy atom. The minimum absolute atomic E-state index is 0.0906. The van der Waals surface area contributed by atoms with Gasteiger partial charge in [-0.2, -0.15) is 13.5 Å². The Labute approximate surface area is 189 Å². The van der Waals surface area contributed by atoms with Crippen LogP contribution in [0.3, 0.4) is 0 Å². The number of sulfonamides is 1. The largest absolute Gasteiger partial charge is 0.493 e. The lowest BCUT2D eigenvalue weighted by atomic mass is 10.2. The van der Waals surface area contributed by atoms with Crippen molar-refractivity contribution in [2.45, 2.75) is 4.90 Å². The number of nitrogens with one attached hydrogen (secondary N) is 1. The highest BCUT2D eigenvalue weighted by molar-refractivity contribution is 7.89. The van der Waals surface area contributed by atoms with Crippen molar-refractivity contribution in [2.75, 3.05) is 7.11 Å². The lowest BCUT2D eigenvalue weighted by molar-refractivity contribution is 0.0730. The van der Waals surface area contributed by atoms with Crippen LogP contribution in [0.2, 0.25) is 10.0 Å². The fraction of sp³-hybridized carbons (Fsp3) is 0.0476. The molecule has 0 amide bonds. The van der Waals surface area contributed by atoms with E-state index >= 15 is 0 Å². The summed E-state index contributed by atoms with van der Waals surface area (Å²) < 4.78 is 35.0. The third kappa shape index (κ3) is 5.75. The third-order valence-corrected chi connectivity index (χ3v) is 5.77. The summed E-state index contributed by atoms with van der Waals surface area (Å²) >= 11 is 11.9. The summed E-state index contributed by atoms with van der Waals surface area (Å²) in [5, 5.41) is 4.32. The number of esters is 1. The molecule has 0 aliphatic carbocycles. The molecule has 0 spiro atoms. The molecule has 0 unspecified atom stereocenters. The number of halogens is 2. The Morgan fingerprint density at radius 1 is 1.00 bits per heavy atom. The van der Waals surface area contributed by atoms with Crippen LogP contribution >= 0.6 is 23.2 Å².